The zero-order valence-corrected chi connectivity index (χ0v) is 14.0. The zero-order chi connectivity index (χ0) is 16.0. The van der Waals surface area contributed by atoms with Crippen molar-refractivity contribution >= 4 is 40.3 Å². The highest BCUT2D eigenvalue weighted by molar-refractivity contribution is 7.19. The molecule has 0 bridgehead atoms. The molecule has 5 nitrogen and oxygen atoms in total. The number of thiophene rings is 1. The topological polar surface area (TPSA) is 63.3 Å². The van der Waals surface area contributed by atoms with E-state index in [-0.39, 0.29) is 6.61 Å². The molecule has 0 spiro atoms. The normalized spacial score (nSPS) is 13.3. The number of aliphatic hydroxyl groups is 1. The highest BCUT2D eigenvalue weighted by atomic mass is 35.5. The van der Waals surface area contributed by atoms with Crippen molar-refractivity contribution in [1.82, 2.24) is 14.8 Å². The van der Waals surface area contributed by atoms with E-state index in [4.69, 9.17) is 23.2 Å². The number of rotatable bonds is 2. The molecule has 0 amide bonds. The van der Waals surface area contributed by atoms with E-state index in [9.17, 15) is 5.11 Å². The minimum Gasteiger partial charge on any atom is -0.388 e. The lowest BCUT2D eigenvalue weighted by atomic mass is 10.0. The van der Waals surface area contributed by atoms with Crippen LogP contribution in [0, 0.1) is 0 Å². The number of benzene rings is 1. The van der Waals surface area contributed by atoms with Gasteiger partial charge in [0.15, 0.2) is 11.6 Å². The first kappa shape index (κ1) is 14.8. The first-order valence-corrected chi connectivity index (χ1v) is 8.39. The predicted octanol–water partition coefficient (Wildman–Crippen LogP) is 3.48. The van der Waals surface area contributed by atoms with E-state index < -0.39 is 0 Å². The Morgan fingerprint density at radius 2 is 2.00 bits per heavy atom. The van der Waals surface area contributed by atoms with Crippen molar-refractivity contribution in [1.29, 1.82) is 0 Å². The summed E-state index contributed by atoms with van der Waals surface area (Å²) in [6, 6.07) is 9.41. The molecule has 1 aliphatic heterocycles. The molecule has 23 heavy (non-hydrogen) atoms. The van der Waals surface area contributed by atoms with Crippen LogP contribution in [0.2, 0.25) is 9.36 Å². The van der Waals surface area contributed by atoms with Crippen LogP contribution in [0.15, 0.2) is 35.3 Å². The Kier molecular flexibility index (Phi) is 3.69. The van der Waals surface area contributed by atoms with E-state index in [1.165, 1.54) is 11.3 Å². The van der Waals surface area contributed by atoms with Gasteiger partial charge in [-0.15, -0.1) is 21.5 Å². The van der Waals surface area contributed by atoms with E-state index >= 15 is 0 Å². The Hall–Kier alpha value is -1.73. The second-order valence-electron chi connectivity index (χ2n) is 4.94. The van der Waals surface area contributed by atoms with Crippen LogP contribution in [0.1, 0.15) is 22.8 Å². The van der Waals surface area contributed by atoms with Gasteiger partial charge in [-0.25, -0.2) is 0 Å². The first-order valence-electron chi connectivity index (χ1n) is 6.82. The molecule has 3 heterocycles. The number of fused-ring (bicyclic) bond motifs is 3. The summed E-state index contributed by atoms with van der Waals surface area (Å²) < 4.78 is 2.44. The van der Waals surface area contributed by atoms with Gasteiger partial charge >= 0.3 is 0 Å². The summed E-state index contributed by atoms with van der Waals surface area (Å²) in [7, 11) is 0. The SMILES string of the molecule is OCc1nnc2n1-c1sc(Cl)cc1C(c1ccccc1Cl)=NC2. The fourth-order valence-electron chi connectivity index (χ4n) is 2.60. The second kappa shape index (κ2) is 5.72. The van der Waals surface area contributed by atoms with Gasteiger partial charge in [0.1, 0.15) is 18.2 Å². The molecule has 0 atom stereocenters. The molecule has 8 heteroatoms. The number of nitrogens with zero attached hydrogens (tertiary/aromatic N) is 4. The number of hydrogen-bond acceptors (Lipinski definition) is 5. The largest absolute Gasteiger partial charge is 0.388 e. The maximum Gasteiger partial charge on any atom is 0.164 e. The number of aliphatic imine (C=N–C) groups is 1. The molecule has 0 fully saturated rings. The average molecular weight is 365 g/mol. The summed E-state index contributed by atoms with van der Waals surface area (Å²) >= 11 is 14.0. The van der Waals surface area contributed by atoms with E-state index in [1.54, 1.807) is 0 Å². The van der Waals surface area contributed by atoms with Gasteiger partial charge in [-0.2, -0.15) is 0 Å². The zero-order valence-electron chi connectivity index (χ0n) is 11.7. The van der Waals surface area contributed by atoms with E-state index in [1.807, 2.05) is 34.9 Å². The van der Waals surface area contributed by atoms with Crippen LogP contribution >= 0.6 is 34.5 Å². The van der Waals surface area contributed by atoms with Crippen molar-refractivity contribution < 1.29 is 5.11 Å². The number of aliphatic hydroxyl groups excluding tert-OH is 1. The molecule has 0 aliphatic carbocycles. The van der Waals surface area contributed by atoms with Gasteiger partial charge in [0.2, 0.25) is 0 Å². The van der Waals surface area contributed by atoms with Crippen molar-refractivity contribution in [3.63, 3.8) is 0 Å². The Balaban J connectivity index is 1.98. The lowest BCUT2D eigenvalue weighted by Gasteiger charge is -2.08. The summed E-state index contributed by atoms with van der Waals surface area (Å²) in [5.41, 5.74) is 2.47. The number of hydrogen-bond donors (Lipinski definition) is 1. The molecule has 0 radical (unpaired) electrons. The Morgan fingerprint density at radius 1 is 1.17 bits per heavy atom. The van der Waals surface area contributed by atoms with Crippen LogP contribution in [-0.2, 0) is 13.2 Å². The Labute approximate surface area is 145 Å². The van der Waals surface area contributed by atoms with Gasteiger partial charge in [-0.1, -0.05) is 41.4 Å². The standard InChI is InChI=1S/C15H10Cl2N4OS/c16-10-4-2-1-3-8(10)14-9-5-11(17)23-15(9)21-12(6-18-14)19-20-13(21)7-22/h1-5,22H,6-7H2. The fraction of sp³-hybridized carbons (Fsp3) is 0.133. The lowest BCUT2D eigenvalue weighted by Crippen LogP contribution is -2.07. The van der Waals surface area contributed by atoms with Crippen LogP contribution in [0.25, 0.3) is 5.00 Å². The molecule has 1 aliphatic rings. The van der Waals surface area contributed by atoms with Crippen molar-refractivity contribution in [2.45, 2.75) is 13.2 Å². The molecular weight excluding hydrogens is 355 g/mol. The molecule has 1 N–H and O–H groups in total. The van der Waals surface area contributed by atoms with E-state index in [0.717, 1.165) is 21.8 Å². The van der Waals surface area contributed by atoms with Gasteiger partial charge in [0, 0.05) is 16.1 Å². The first-order chi connectivity index (χ1) is 11.2. The van der Waals surface area contributed by atoms with Crippen molar-refractivity contribution in [3.05, 3.63) is 62.5 Å². The third-order valence-corrected chi connectivity index (χ3v) is 5.17. The summed E-state index contributed by atoms with van der Waals surface area (Å²) in [6.07, 6.45) is 0. The minimum absolute atomic E-state index is 0.205. The van der Waals surface area contributed by atoms with Gasteiger partial charge in [0.25, 0.3) is 0 Å². The third-order valence-electron chi connectivity index (χ3n) is 3.59. The molecular formula is C15H10Cl2N4OS. The van der Waals surface area contributed by atoms with Crippen molar-refractivity contribution in [2.24, 2.45) is 4.99 Å². The Morgan fingerprint density at radius 3 is 2.78 bits per heavy atom. The fourth-order valence-corrected chi connectivity index (χ4v) is 4.08. The molecule has 0 unspecified atom stereocenters. The summed E-state index contributed by atoms with van der Waals surface area (Å²) in [5, 5.41) is 19.1. The average Bonchev–Trinajstić information content (AvgIpc) is 3.09. The maximum atomic E-state index is 9.52. The summed E-state index contributed by atoms with van der Waals surface area (Å²) in [5.74, 6) is 1.13. The van der Waals surface area contributed by atoms with Crippen LogP contribution < -0.4 is 0 Å². The molecule has 3 aromatic rings. The number of aromatic nitrogens is 3. The van der Waals surface area contributed by atoms with E-state index in [2.05, 4.69) is 15.2 Å². The maximum absolute atomic E-state index is 9.52. The summed E-state index contributed by atoms with van der Waals surface area (Å²) in [6.45, 7) is 0.149. The molecule has 4 rings (SSSR count). The molecule has 2 aromatic heterocycles. The number of halogens is 2. The van der Waals surface area contributed by atoms with Crippen LogP contribution in [0.5, 0.6) is 0 Å². The monoisotopic (exact) mass is 364 g/mol. The van der Waals surface area contributed by atoms with Gasteiger partial charge in [0.05, 0.1) is 10.0 Å². The van der Waals surface area contributed by atoms with Gasteiger partial charge < -0.3 is 5.11 Å². The minimum atomic E-state index is -0.205. The molecule has 116 valence electrons. The molecule has 0 saturated carbocycles. The summed E-state index contributed by atoms with van der Waals surface area (Å²) in [4.78, 5) is 4.67. The predicted molar refractivity (Wildman–Crippen MR) is 91.0 cm³/mol. The second-order valence-corrected chi connectivity index (χ2v) is 7.01. The molecule has 0 saturated heterocycles. The lowest BCUT2D eigenvalue weighted by molar-refractivity contribution is 0.269. The van der Waals surface area contributed by atoms with Crippen molar-refractivity contribution in [2.75, 3.05) is 0 Å². The van der Waals surface area contributed by atoms with Crippen molar-refractivity contribution in [3.8, 4) is 5.00 Å². The quantitative estimate of drug-likeness (QED) is 0.756. The van der Waals surface area contributed by atoms with Crippen LogP contribution in [-0.4, -0.2) is 25.6 Å². The van der Waals surface area contributed by atoms with E-state index in [0.29, 0.717) is 27.6 Å². The molecule has 1 aromatic carbocycles. The van der Waals surface area contributed by atoms with Crippen LogP contribution in [0.3, 0.4) is 0 Å². The Bertz CT molecular complexity index is 931. The third kappa shape index (κ3) is 2.38. The van der Waals surface area contributed by atoms with Gasteiger partial charge in [-0.05, 0) is 12.1 Å². The highest BCUT2D eigenvalue weighted by Gasteiger charge is 2.25. The smallest absolute Gasteiger partial charge is 0.164 e. The van der Waals surface area contributed by atoms with Gasteiger partial charge in [-0.3, -0.25) is 9.56 Å². The highest BCUT2D eigenvalue weighted by Crippen LogP contribution is 2.36. The van der Waals surface area contributed by atoms with Crippen LogP contribution in [0.4, 0.5) is 0 Å².